The molecule has 0 aliphatic heterocycles. The van der Waals surface area contributed by atoms with E-state index in [0.717, 1.165) is 6.42 Å². The van der Waals surface area contributed by atoms with Crippen LogP contribution in [0.4, 0.5) is 5.69 Å². The lowest BCUT2D eigenvalue weighted by Crippen LogP contribution is -2.27. The van der Waals surface area contributed by atoms with Crippen LogP contribution in [0.5, 0.6) is 0 Å². The van der Waals surface area contributed by atoms with Gasteiger partial charge in [-0.3, -0.25) is 4.79 Å². The van der Waals surface area contributed by atoms with Crippen LogP contribution < -0.4 is 11.1 Å². The number of amides is 1. The Balaban J connectivity index is 1.98. The molecule has 0 aromatic heterocycles. The molecule has 3 nitrogen and oxygen atoms in total. The second kappa shape index (κ2) is 6.44. The van der Waals surface area contributed by atoms with E-state index in [-0.39, 0.29) is 5.91 Å². The Morgan fingerprint density at radius 1 is 1.20 bits per heavy atom. The lowest BCUT2D eigenvalue weighted by Gasteiger charge is -2.10. The van der Waals surface area contributed by atoms with Gasteiger partial charge in [-0.1, -0.05) is 41.9 Å². The molecular weight excluding hydrogens is 272 g/mol. The Labute approximate surface area is 123 Å². The monoisotopic (exact) mass is 288 g/mol. The summed E-state index contributed by atoms with van der Waals surface area (Å²) < 4.78 is 0. The first-order valence-corrected chi connectivity index (χ1v) is 6.84. The molecule has 0 saturated carbocycles. The number of carbonyl (C=O) groups excluding carboxylic acids is 1. The number of benzene rings is 2. The molecule has 0 aliphatic rings. The highest BCUT2D eigenvalue weighted by atomic mass is 35.5. The molecule has 0 fully saturated rings. The van der Waals surface area contributed by atoms with Gasteiger partial charge in [0.05, 0.1) is 10.6 Å². The first-order chi connectivity index (χ1) is 9.59. The van der Waals surface area contributed by atoms with Gasteiger partial charge >= 0.3 is 0 Å². The summed E-state index contributed by atoms with van der Waals surface area (Å²) in [7, 11) is 0. The van der Waals surface area contributed by atoms with E-state index in [2.05, 4.69) is 24.4 Å². The van der Waals surface area contributed by atoms with Crippen molar-refractivity contribution in [2.45, 2.75) is 13.3 Å². The maximum Gasteiger partial charge on any atom is 0.254 e. The number of nitrogens with two attached hydrogens (primary N) is 1. The summed E-state index contributed by atoms with van der Waals surface area (Å²) in [4.78, 5) is 12.1. The number of nitrogens with one attached hydrogen (secondary N) is 1. The predicted octanol–water partition coefficient (Wildman–Crippen LogP) is 3.20. The molecule has 0 unspecified atom stereocenters. The fraction of sp³-hybridized carbons (Fsp3) is 0.188. The van der Waals surface area contributed by atoms with Crippen LogP contribution in [-0.2, 0) is 6.42 Å². The summed E-state index contributed by atoms with van der Waals surface area (Å²) in [5, 5.41) is 3.23. The molecule has 0 radical (unpaired) electrons. The van der Waals surface area contributed by atoms with Gasteiger partial charge in [0.15, 0.2) is 0 Å². The third-order valence-electron chi connectivity index (χ3n) is 3.21. The van der Waals surface area contributed by atoms with E-state index in [1.807, 2.05) is 12.1 Å². The van der Waals surface area contributed by atoms with E-state index < -0.39 is 0 Å². The molecule has 3 N–H and O–H groups in total. The second-order valence-corrected chi connectivity index (χ2v) is 5.04. The van der Waals surface area contributed by atoms with Crippen LogP contribution >= 0.6 is 11.6 Å². The van der Waals surface area contributed by atoms with Crippen molar-refractivity contribution in [3.8, 4) is 0 Å². The maximum atomic E-state index is 12.1. The first kappa shape index (κ1) is 14.4. The van der Waals surface area contributed by atoms with Crippen molar-refractivity contribution >= 4 is 23.2 Å². The lowest BCUT2D eigenvalue weighted by molar-refractivity contribution is 0.0955. The molecule has 2 rings (SSSR count). The Morgan fingerprint density at radius 2 is 1.95 bits per heavy atom. The van der Waals surface area contributed by atoms with Gasteiger partial charge in [0.25, 0.3) is 5.91 Å². The van der Waals surface area contributed by atoms with Gasteiger partial charge in [0.1, 0.15) is 0 Å². The van der Waals surface area contributed by atoms with Crippen LogP contribution in [0.2, 0.25) is 5.02 Å². The number of nitrogen functional groups attached to an aromatic ring is 1. The van der Waals surface area contributed by atoms with Crippen LogP contribution in [-0.4, -0.2) is 12.5 Å². The zero-order valence-electron chi connectivity index (χ0n) is 11.3. The van der Waals surface area contributed by atoms with E-state index in [4.69, 9.17) is 17.3 Å². The number of hydrogen-bond acceptors (Lipinski definition) is 2. The third-order valence-corrected chi connectivity index (χ3v) is 3.53. The van der Waals surface area contributed by atoms with Gasteiger partial charge in [-0.25, -0.2) is 0 Å². The lowest BCUT2D eigenvalue weighted by atomic mass is 10.1. The molecule has 0 spiro atoms. The summed E-state index contributed by atoms with van der Waals surface area (Å²) in [5.74, 6) is -0.235. The molecular formula is C16H17ClN2O. The third kappa shape index (κ3) is 3.31. The summed E-state index contributed by atoms with van der Waals surface area (Å²) in [6, 6.07) is 13.2. The Bertz CT molecular complexity index is 605. The van der Waals surface area contributed by atoms with E-state index in [9.17, 15) is 4.79 Å². The van der Waals surface area contributed by atoms with Crippen molar-refractivity contribution in [3.05, 3.63) is 64.2 Å². The highest BCUT2D eigenvalue weighted by Crippen LogP contribution is 2.21. The fourth-order valence-corrected chi connectivity index (χ4v) is 2.34. The van der Waals surface area contributed by atoms with Crippen molar-refractivity contribution in [2.75, 3.05) is 12.3 Å². The van der Waals surface area contributed by atoms with Gasteiger partial charge in [-0.15, -0.1) is 0 Å². The number of aryl methyl sites for hydroxylation is 1. The van der Waals surface area contributed by atoms with Gasteiger partial charge in [-0.2, -0.15) is 0 Å². The minimum absolute atomic E-state index is 0.235. The molecule has 0 bridgehead atoms. The molecule has 0 atom stereocenters. The molecule has 0 heterocycles. The van der Waals surface area contributed by atoms with Crippen LogP contribution in [0.3, 0.4) is 0 Å². The number of carbonyl (C=O) groups is 1. The van der Waals surface area contributed by atoms with Gasteiger partial charge in [-0.05, 0) is 36.6 Å². The highest BCUT2D eigenvalue weighted by molar-refractivity contribution is 6.34. The Morgan fingerprint density at radius 3 is 2.65 bits per heavy atom. The minimum Gasteiger partial charge on any atom is -0.398 e. The number of anilines is 1. The summed E-state index contributed by atoms with van der Waals surface area (Å²) >= 11 is 6.00. The van der Waals surface area contributed by atoms with Crippen LogP contribution in [0.25, 0.3) is 0 Å². The molecule has 0 saturated heterocycles. The minimum atomic E-state index is -0.235. The topological polar surface area (TPSA) is 55.1 Å². The van der Waals surface area contributed by atoms with Crippen LogP contribution in [0, 0.1) is 6.92 Å². The van der Waals surface area contributed by atoms with Crippen molar-refractivity contribution < 1.29 is 4.79 Å². The van der Waals surface area contributed by atoms with Gasteiger partial charge in [0, 0.05) is 12.2 Å². The maximum absolute atomic E-state index is 12.1. The van der Waals surface area contributed by atoms with Crippen molar-refractivity contribution in [2.24, 2.45) is 0 Å². The summed E-state index contributed by atoms with van der Waals surface area (Å²) in [6.07, 6.45) is 0.781. The molecule has 4 heteroatoms. The van der Waals surface area contributed by atoms with Crippen LogP contribution in [0.1, 0.15) is 21.5 Å². The molecule has 20 heavy (non-hydrogen) atoms. The largest absolute Gasteiger partial charge is 0.398 e. The zero-order valence-corrected chi connectivity index (χ0v) is 12.1. The quantitative estimate of drug-likeness (QED) is 0.849. The molecule has 0 aliphatic carbocycles. The molecule has 2 aromatic rings. The zero-order chi connectivity index (χ0) is 14.5. The van der Waals surface area contributed by atoms with E-state index in [0.29, 0.717) is 22.8 Å². The van der Waals surface area contributed by atoms with Crippen LogP contribution in [0.15, 0.2) is 42.5 Å². The van der Waals surface area contributed by atoms with Crippen molar-refractivity contribution in [3.63, 3.8) is 0 Å². The van der Waals surface area contributed by atoms with E-state index in [1.54, 1.807) is 18.2 Å². The standard InChI is InChI=1S/C16H17ClN2O/c1-11-5-2-3-6-12(11)9-10-19-16(20)15-13(17)7-4-8-14(15)18/h2-8H,9-10,18H2,1H3,(H,19,20). The smallest absolute Gasteiger partial charge is 0.254 e. The average molecular weight is 289 g/mol. The predicted molar refractivity (Wildman–Crippen MR) is 83.1 cm³/mol. The van der Waals surface area contributed by atoms with E-state index >= 15 is 0 Å². The summed E-state index contributed by atoms with van der Waals surface area (Å²) in [5.41, 5.74) is 8.97. The highest BCUT2D eigenvalue weighted by Gasteiger charge is 2.13. The molecule has 2 aromatic carbocycles. The molecule has 104 valence electrons. The SMILES string of the molecule is Cc1ccccc1CCNC(=O)c1c(N)cccc1Cl. The number of rotatable bonds is 4. The number of hydrogen-bond donors (Lipinski definition) is 2. The Kier molecular flexibility index (Phi) is 4.64. The summed E-state index contributed by atoms with van der Waals surface area (Å²) in [6.45, 7) is 2.61. The normalized spacial score (nSPS) is 10.3. The van der Waals surface area contributed by atoms with Crippen molar-refractivity contribution in [1.29, 1.82) is 0 Å². The van der Waals surface area contributed by atoms with E-state index in [1.165, 1.54) is 11.1 Å². The number of halogens is 1. The molecule has 1 amide bonds. The fourth-order valence-electron chi connectivity index (χ4n) is 2.07. The van der Waals surface area contributed by atoms with Gasteiger partial charge < -0.3 is 11.1 Å². The average Bonchev–Trinajstić information content (AvgIpc) is 2.41. The first-order valence-electron chi connectivity index (χ1n) is 6.46. The second-order valence-electron chi connectivity index (χ2n) is 4.64. The Hall–Kier alpha value is -2.00. The van der Waals surface area contributed by atoms with Crippen molar-refractivity contribution in [1.82, 2.24) is 5.32 Å². The van der Waals surface area contributed by atoms with Gasteiger partial charge in [0.2, 0.25) is 0 Å².